The van der Waals surface area contributed by atoms with Gasteiger partial charge in [-0.1, -0.05) is 22.6 Å². The summed E-state index contributed by atoms with van der Waals surface area (Å²) in [5.74, 6) is 1.20. The predicted octanol–water partition coefficient (Wildman–Crippen LogP) is 0.265. The molecule has 0 aromatic rings. The van der Waals surface area contributed by atoms with Crippen LogP contribution >= 0.6 is 22.6 Å². The van der Waals surface area contributed by atoms with Crippen LogP contribution in [0, 0.1) is 5.92 Å². The molecule has 2 rings (SSSR count). The highest BCUT2D eigenvalue weighted by atomic mass is 127. The molecule has 4 nitrogen and oxygen atoms in total. The van der Waals surface area contributed by atoms with Crippen molar-refractivity contribution in [3.05, 3.63) is 12.0 Å². The SMILES string of the molecule is O=C(NC1=CNCC(I)N1)C1CC1. The third kappa shape index (κ3) is 2.49. The Kier molecular flexibility index (Phi) is 2.61. The van der Waals surface area contributed by atoms with Gasteiger partial charge in [-0.15, -0.1) is 0 Å². The van der Waals surface area contributed by atoms with Gasteiger partial charge in [-0.25, -0.2) is 0 Å². The molecule has 0 bridgehead atoms. The summed E-state index contributed by atoms with van der Waals surface area (Å²) >= 11 is 2.29. The van der Waals surface area contributed by atoms with E-state index in [0.29, 0.717) is 4.05 Å². The molecule has 1 unspecified atom stereocenters. The van der Waals surface area contributed by atoms with Crippen molar-refractivity contribution in [3.8, 4) is 0 Å². The summed E-state index contributed by atoms with van der Waals surface area (Å²) in [7, 11) is 0. The van der Waals surface area contributed by atoms with Gasteiger partial charge in [-0.05, 0) is 12.8 Å². The number of hydrogen-bond acceptors (Lipinski definition) is 3. The van der Waals surface area contributed by atoms with Crippen molar-refractivity contribution in [2.75, 3.05) is 6.54 Å². The zero-order chi connectivity index (χ0) is 9.26. The third-order valence-corrected chi connectivity index (χ3v) is 2.81. The van der Waals surface area contributed by atoms with Crippen molar-refractivity contribution in [2.24, 2.45) is 5.92 Å². The van der Waals surface area contributed by atoms with Crippen LogP contribution in [-0.2, 0) is 4.79 Å². The van der Waals surface area contributed by atoms with E-state index in [1.54, 1.807) is 0 Å². The Labute approximate surface area is 90.7 Å². The average Bonchev–Trinajstić information content (AvgIpc) is 2.85. The van der Waals surface area contributed by atoms with Crippen LogP contribution in [0.2, 0.25) is 0 Å². The third-order valence-electron chi connectivity index (χ3n) is 2.06. The molecule has 3 N–H and O–H groups in total. The lowest BCUT2D eigenvalue weighted by molar-refractivity contribution is -0.121. The summed E-state index contributed by atoms with van der Waals surface area (Å²) in [5.41, 5.74) is 0. The van der Waals surface area contributed by atoms with Gasteiger partial charge >= 0.3 is 0 Å². The van der Waals surface area contributed by atoms with E-state index in [2.05, 4.69) is 38.5 Å². The number of carbonyl (C=O) groups is 1. The summed E-state index contributed by atoms with van der Waals surface area (Å²) in [6, 6.07) is 0. The van der Waals surface area contributed by atoms with Crippen LogP contribution in [0.3, 0.4) is 0 Å². The van der Waals surface area contributed by atoms with Crippen LogP contribution in [0.15, 0.2) is 12.0 Å². The minimum Gasteiger partial charge on any atom is -0.385 e. The highest BCUT2D eigenvalue weighted by Crippen LogP contribution is 2.28. The van der Waals surface area contributed by atoms with E-state index in [0.717, 1.165) is 25.2 Å². The van der Waals surface area contributed by atoms with E-state index in [1.807, 2.05) is 6.20 Å². The Bertz CT molecular complexity index is 250. The second-order valence-electron chi connectivity index (χ2n) is 3.34. The molecule has 1 heterocycles. The summed E-state index contributed by atoms with van der Waals surface area (Å²) in [4.78, 5) is 11.4. The van der Waals surface area contributed by atoms with Gasteiger partial charge in [0.2, 0.25) is 5.91 Å². The van der Waals surface area contributed by atoms with Crippen molar-refractivity contribution in [3.63, 3.8) is 0 Å². The molecule has 5 heteroatoms. The van der Waals surface area contributed by atoms with Crippen LogP contribution < -0.4 is 16.0 Å². The van der Waals surface area contributed by atoms with Gasteiger partial charge in [0.1, 0.15) is 5.82 Å². The molecule has 13 heavy (non-hydrogen) atoms. The Morgan fingerprint density at radius 2 is 2.38 bits per heavy atom. The molecule has 72 valence electrons. The van der Waals surface area contributed by atoms with Gasteiger partial charge in [-0.3, -0.25) is 4.79 Å². The van der Waals surface area contributed by atoms with Crippen molar-refractivity contribution >= 4 is 28.5 Å². The van der Waals surface area contributed by atoms with Crippen LogP contribution in [0.1, 0.15) is 12.8 Å². The first-order valence-corrected chi connectivity index (χ1v) is 5.65. The average molecular weight is 293 g/mol. The first kappa shape index (κ1) is 9.11. The minimum absolute atomic E-state index is 0.144. The van der Waals surface area contributed by atoms with Crippen LogP contribution in [0.5, 0.6) is 0 Å². The van der Waals surface area contributed by atoms with Crippen molar-refractivity contribution < 1.29 is 4.79 Å². The van der Waals surface area contributed by atoms with Gasteiger partial charge in [0, 0.05) is 18.7 Å². The number of nitrogens with one attached hydrogen (secondary N) is 3. The maximum absolute atomic E-state index is 11.4. The number of alkyl halides is 1. The Morgan fingerprint density at radius 1 is 1.62 bits per heavy atom. The Balaban J connectivity index is 1.86. The van der Waals surface area contributed by atoms with Crippen molar-refractivity contribution in [2.45, 2.75) is 16.9 Å². The fourth-order valence-corrected chi connectivity index (χ4v) is 1.77. The fraction of sp³-hybridized carbons (Fsp3) is 0.625. The first-order valence-electron chi connectivity index (χ1n) is 4.41. The molecular weight excluding hydrogens is 281 g/mol. The van der Waals surface area contributed by atoms with E-state index >= 15 is 0 Å². The van der Waals surface area contributed by atoms with E-state index in [9.17, 15) is 4.79 Å². The number of amides is 1. The minimum atomic E-state index is 0.144. The maximum Gasteiger partial charge on any atom is 0.228 e. The number of hydrogen-bond donors (Lipinski definition) is 3. The lowest BCUT2D eigenvalue weighted by Gasteiger charge is -2.22. The molecule has 1 atom stereocenters. The molecule has 2 aliphatic rings. The predicted molar refractivity (Wildman–Crippen MR) is 57.9 cm³/mol. The summed E-state index contributed by atoms with van der Waals surface area (Å²) in [6.45, 7) is 0.892. The second kappa shape index (κ2) is 3.73. The van der Waals surface area contributed by atoms with Crippen molar-refractivity contribution in [1.29, 1.82) is 0 Å². The monoisotopic (exact) mass is 293 g/mol. The molecule has 0 aromatic carbocycles. The largest absolute Gasteiger partial charge is 0.385 e. The molecule has 1 amide bonds. The number of halogens is 1. The number of rotatable bonds is 2. The van der Waals surface area contributed by atoms with E-state index in [1.165, 1.54) is 0 Å². The van der Waals surface area contributed by atoms with Crippen LogP contribution in [0.25, 0.3) is 0 Å². The molecule has 0 spiro atoms. The zero-order valence-electron chi connectivity index (χ0n) is 7.14. The van der Waals surface area contributed by atoms with Gasteiger partial charge in [0.15, 0.2) is 0 Å². The lowest BCUT2D eigenvalue weighted by Crippen LogP contribution is -2.44. The van der Waals surface area contributed by atoms with Gasteiger partial charge in [-0.2, -0.15) is 0 Å². The summed E-state index contributed by atoms with van der Waals surface area (Å²) < 4.78 is 0.345. The standard InChI is InChI=1S/C8H12IN3O/c9-6-3-10-4-7(11-6)12-8(13)5-1-2-5/h4-6,10-11H,1-3H2,(H,12,13). The molecule has 1 fully saturated rings. The summed E-state index contributed by atoms with van der Waals surface area (Å²) in [5, 5.41) is 9.14. The van der Waals surface area contributed by atoms with Gasteiger partial charge < -0.3 is 16.0 Å². The molecular formula is C8H12IN3O. The molecule has 1 aliphatic carbocycles. The normalized spacial score (nSPS) is 26.8. The molecule has 0 saturated heterocycles. The van der Waals surface area contributed by atoms with Crippen molar-refractivity contribution in [1.82, 2.24) is 16.0 Å². The first-order chi connectivity index (χ1) is 6.25. The van der Waals surface area contributed by atoms with Gasteiger partial charge in [0.25, 0.3) is 0 Å². The van der Waals surface area contributed by atoms with E-state index < -0.39 is 0 Å². The summed E-state index contributed by atoms with van der Waals surface area (Å²) in [6.07, 6.45) is 3.90. The smallest absolute Gasteiger partial charge is 0.228 e. The zero-order valence-corrected chi connectivity index (χ0v) is 9.30. The molecule has 0 aromatic heterocycles. The highest BCUT2D eigenvalue weighted by Gasteiger charge is 2.30. The molecule has 0 radical (unpaired) electrons. The van der Waals surface area contributed by atoms with Crippen LogP contribution in [-0.4, -0.2) is 16.5 Å². The highest BCUT2D eigenvalue weighted by molar-refractivity contribution is 14.1. The molecule has 1 aliphatic heterocycles. The fourth-order valence-electron chi connectivity index (χ4n) is 1.18. The maximum atomic E-state index is 11.4. The number of carbonyl (C=O) groups excluding carboxylic acids is 1. The van der Waals surface area contributed by atoms with E-state index in [4.69, 9.17) is 0 Å². The lowest BCUT2D eigenvalue weighted by atomic mass is 10.4. The Hall–Kier alpha value is -0.460. The second-order valence-corrected chi connectivity index (χ2v) is 4.85. The molecule has 1 saturated carbocycles. The topological polar surface area (TPSA) is 53.2 Å². The van der Waals surface area contributed by atoms with Crippen LogP contribution in [0.4, 0.5) is 0 Å². The quantitative estimate of drug-likeness (QED) is 0.389. The van der Waals surface area contributed by atoms with Gasteiger partial charge in [0.05, 0.1) is 4.05 Å². The Morgan fingerprint density at radius 3 is 3.00 bits per heavy atom. The van der Waals surface area contributed by atoms with E-state index in [-0.39, 0.29) is 11.8 Å².